The van der Waals surface area contributed by atoms with Gasteiger partial charge >= 0.3 is 0 Å². The Morgan fingerprint density at radius 1 is 0.545 bits per heavy atom. The molecule has 2 fully saturated rings. The van der Waals surface area contributed by atoms with E-state index in [1.54, 1.807) is 0 Å². The summed E-state index contributed by atoms with van der Waals surface area (Å²) in [5, 5.41) is 0. The van der Waals surface area contributed by atoms with Crippen LogP contribution in [0.1, 0.15) is 69.2 Å². The molecule has 2 rings (SSSR count). The molecule has 0 N–H and O–H groups in total. The fourth-order valence-electron chi connectivity index (χ4n) is 5.00. The summed E-state index contributed by atoms with van der Waals surface area (Å²) in [6, 6.07) is 0. The zero-order valence-electron chi connectivity index (χ0n) is 16.4. The van der Waals surface area contributed by atoms with Crippen molar-refractivity contribution in [3.8, 4) is 0 Å². The second-order valence-corrected chi connectivity index (χ2v) is 9.86. The average Bonchev–Trinajstić information content (AvgIpc) is 2.83. The third kappa shape index (κ3) is 2.86. The van der Waals surface area contributed by atoms with Gasteiger partial charge in [-0.2, -0.15) is 0 Å². The summed E-state index contributed by atoms with van der Waals surface area (Å²) in [6.45, 7) is 23.2. The van der Waals surface area contributed by atoms with Gasteiger partial charge in [0.15, 0.2) is 0 Å². The highest BCUT2D eigenvalue weighted by Crippen LogP contribution is 2.51. The minimum absolute atomic E-state index is 0.0477. The maximum absolute atomic E-state index is 6.67. The summed E-state index contributed by atoms with van der Waals surface area (Å²) < 4.78 is 13.1. The van der Waals surface area contributed by atoms with E-state index in [-0.39, 0.29) is 23.0 Å². The Bertz CT molecular complexity index is 395. The van der Waals surface area contributed by atoms with Gasteiger partial charge in [-0.1, -0.05) is 62.3 Å². The SMILES string of the molecule is CC1OC(C(C)(C)C2OC(C(C)(C)C)C(C)C2C)C(C)C1C. The van der Waals surface area contributed by atoms with Gasteiger partial charge < -0.3 is 9.47 Å². The molecule has 0 aromatic carbocycles. The first-order chi connectivity index (χ1) is 9.89. The molecule has 130 valence electrons. The summed E-state index contributed by atoms with van der Waals surface area (Å²) in [5.74, 6) is 2.37. The molecular formula is C20H38O2. The third-order valence-electron chi connectivity index (χ3n) is 6.81. The van der Waals surface area contributed by atoms with Gasteiger partial charge in [0.2, 0.25) is 0 Å². The van der Waals surface area contributed by atoms with Crippen molar-refractivity contribution in [1.29, 1.82) is 0 Å². The molecule has 22 heavy (non-hydrogen) atoms. The van der Waals surface area contributed by atoms with E-state index < -0.39 is 0 Å². The standard InChI is InChI=1S/C20H38O2/c1-11-12(2)17(21-15(11)5)20(9,10)18-14(4)13(3)16(22-18)19(6,7)8/h11-18H,1-10H3. The van der Waals surface area contributed by atoms with Gasteiger partial charge in [0.05, 0.1) is 24.4 Å². The van der Waals surface area contributed by atoms with Crippen molar-refractivity contribution in [2.75, 3.05) is 0 Å². The van der Waals surface area contributed by atoms with Crippen molar-refractivity contribution in [3.05, 3.63) is 0 Å². The Balaban J connectivity index is 2.23. The van der Waals surface area contributed by atoms with Crippen LogP contribution >= 0.6 is 0 Å². The molecule has 8 unspecified atom stereocenters. The van der Waals surface area contributed by atoms with E-state index in [9.17, 15) is 0 Å². The molecule has 0 bridgehead atoms. The molecular weight excluding hydrogens is 272 g/mol. The summed E-state index contributed by atoms with van der Waals surface area (Å²) in [4.78, 5) is 0. The first-order valence-corrected chi connectivity index (χ1v) is 9.20. The Labute approximate surface area is 138 Å². The van der Waals surface area contributed by atoms with Crippen LogP contribution < -0.4 is 0 Å². The van der Waals surface area contributed by atoms with Crippen LogP contribution in [0.2, 0.25) is 0 Å². The molecule has 0 aliphatic carbocycles. The number of rotatable bonds is 2. The first kappa shape index (κ1) is 18.3. The highest BCUT2D eigenvalue weighted by Gasteiger charge is 2.55. The molecule has 2 aliphatic rings. The molecule has 2 saturated heterocycles. The maximum atomic E-state index is 6.67. The lowest BCUT2D eigenvalue weighted by molar-refractivity contribution is -0.130. The van der Waals surface area contributed by atoms with Crippen molar-refractivity contribution >= 4 is 0 Å². The summed E-state index contributed by atoms with van der Waals surface area (Å²) in [6.07, 6.45) is 1.25. The largest absolute Gasteiger partial charge is 0.374 e. The predicted molar refractivity (Wildman–Crippen MR) is 92.9 cm³/mol. The highest BCUT2D eigenvalue weighted by molar-refractivity contribution is 5.02. The summed E-state index contributed by atoms with van der Waals surface area (Å²) in [7, 11) is 0. The van der Waals surface area contributed by atoms with E-state index in [2.05, 4.69) is 69.2 Å². The maximum Gasteiger partial charge on any atom is 0.0684 e. The van der Waals surface area contributed by atoms with E-state index in [0.717, 1.165) is 0 Å². The van der Waals surface area contributed by atoms with Crippen molar-refractivity contribution < 1.29 is 9.47 Å². The lowest BCUT2D eigenvalue weighted by atomic mass is 9.68. The molecule has 0 radical (unpaired) electrons. The zero-order chi connectivity index (χ0) is 17.0. The zero-order valence-corrected chi connectivity index (χ0v) is 16.4. The van der Waals surface area contributed by atoms with E-state index in [1.165, 1.54) is 0 Å². The van der Waals surface area contributed by atoms with Crippen LogP contribution in [0.4, 0.5) is 0 Å². The van der Waals surface area contributed by atoms with Gasteiger partial charge in [-0.15, -0.1) is 0 Å². The summed E-state index contributed by atoms with van der Waals surface area (Å²) >= 11 is 0. The first-order valence-electron chi connectivity index (χ1n) is 9.20. The third-order valence-corrected chi connectivity index (χ3v) is 6.81. The predicted octanol–water partition coefficient (Wildman–Crippen LogP) is 5.16. The van der Waals surface area contributed by atoms with Crippen LogP contribution in [-0.4, -0.2) is 24.4 Å². The lowest BCUT2D eigenvalue weighted by Gasteiger charge is -2.41. The normalized spacial score (nSPS) is 47.2. The average molecular weight is 311 g/mol. The molecule has 0 aromatic heterocycles. The fourth-order valence-corrected chi connectivity index (χ4v) is 5.00. The van der Waals surface area contributed by atoms with Crippen molar-refractivity contribution in [1.82, 2.24) is 0 Å². The number of ether oxygens (including phenoxy) is 2. The second kappa shape index (κ2) is 5.77. The minimum atomic E-state index is 0.0477. The molecule has 2 aliphatic heterocycles. The monoisotopic (exact) mass is 310 g/mol. The summed E-state index contributed by atoms with van der Waals surface area (Å²) in [5.41, 5.74) is 0.243. The van der Waals surface area contributed by atoms with Crippen LogP contribution in [0.15, 0.2) is 0 Å². The molecule has 0 aromatic rings. The van der Waals surface area contributed by atoms with Crippen LogP contribution in [0.3, 0.4) is 0 Å². The highest BCUT2D eigenvalue weighted by atomic mass is 16.5. The van der Waals surface area contributed by atoms with E-state index in [1.807, 2.05) is 0 Å². The van der Waals surface area contributed by atoms with E-state index >= 15 is 0 Å². The van der Waals surface area contributed by atoms with Gasteiger partial charge in [-0.3, -0.25) is 0 Å². The van der Waals surface area contributed by atoms with E-state index in [0.29, 0.717) is 35.9 Å². The Hall–Kier alpha value is -0.0800. The fraction of sp³-hybridized carbons (Fsp3) is 1.00. The van der Waals surface area contributed by atoms with Gasteiger partial charge in [-0.05, 0) is 36.0 Å². The van der Waals surface area contributed by atoms with Crippen LogP contribution in [0.5, 0.6) is 0 Å². The molecule has 0 amide bonds. The van der Waals surface area contributed by atoms with Gasteiger partial charge in [0.25, 0.3) is 0 Å². The number of hydrogen-bond acceptors (Lipinski definition) is 2. The number of hydrogen-bond donors (Lipinski definition) is 0. The Morgan fingerprint density at radius 2 is 0.955 bits per heavy atom. The lowest BCUT2D eigenvalue weighted by Crippen LogP contribution is -2.46. The molecule has 2 heterocycles. The van der Waals surface area contributed by atoms with Crippen molar-refractivity contribution in [3.63, 3.8) is 0 Å². The van der Waals surface area contributed by atoms with Crippen LogP contribution in [0, 0.1) is 34.5 Å². The molecule has 8 atom stereocenters. The van der Waals surface area contributed by atoms with Crippen molar-refractivity contribution in [2.45, 2.75) is 93.7 Å². The molecule has 2 heteroatoms. The smallest absolute Gasteiger partial charge is 0.0684 e. The Morgan fingerprint density at radius 3 is 1.32 bits per heavy atom. The van der Waals surface area contributed by atoms with Gasteiger partial charge in [0, 0.05) is 5.41 Å². The van der Waals surface area contributed by atoms with Gasteiger partial charge in [-0.25, -0.2) is 0 Å². The second-order valence-electron chi connectivity index (χ2n) is 9.86. The quantitative estimate of drug-likeness (QED) is 0.701. The molecule has 0 spiro atoms. The van der Waals surface area contributed by atoms with E-state index in [4.69, 9.17) is 9.47 Å². The minimum Gasteiger partial charge on any atom is -0.374 e. The van der Waals surface area contributed by atoms with Crippen LogP contribution in [0.25, 0.3) is 0 Å². The van der Waals surface area contributed by atoms with Crippen molar-refractivity contribution in [2.24, 2.45) is 34.5 Å². The molecule has 0 saturated carbocycles. The molecule has 2 nitrogen and oxygen atoms in total. The van der Waals surface area contributed by atoms with Gasteiger partial charge in [0.1, 0.15) is 0 Å². The Kier molecular flexibility index (Phi) is 4.79. The van der Waals surface area contributed by atoms with Crippen LogP contribution in [-0.2, 0) is 9.47 Å². The topological polar surface area (TPSA) is 18.5 Å².